The predicted octanol–water partition coefficient (Wildman–Crippen LogP) is 2.30. The second-order valence-electron chi connectivity index (χ2n) is 3.91. The number of pyridine rings is 1. The molecule has 6 nitrogen and oxygen atoms in total. The molecule has 0 aliphatic rings. The molecule has 1 aromatic heterocycles. The lowest BCUT2D eigenvalue weighted by Gasteiger charge is -2.10. The van der Waals surface area contributed by atoms with Gasteiger partial charge in [0.2, 0.25) is 0 Å². The summed E-state index contributed by atoms with van der Waals surface area (Å²) in [7, 11) is 0. The fraction of sp³-hybridized carbons (Fsp3) is 0.0833. The molecule has 0 fully saturated rings. The van der Waals surface area contributed by atoms with Gasteiger partial charge in [0.1, 0.15) is 11.3 Å². The molecule has 2 rings (SSSR count). The number of hydrogen-bond donors (Lipinski definition) is 3. The van der Waals surface area contributed by atoms with E-state index in [-0.39, 0.29) is 10.9 Å². The van der Waals surface area contributed by atoms with Crippen LogP contribution >= 0.6 is 11.6 Å². The highest BCUT2D eigenvalue weighted by Crippen LogP contribution is 2.34. The Balaban J connectivity index is 3.02. The van der Waals surface area contributed by atoms with E-state index in [2.05, 4.69) is 4.98 Å². The van der Waals surface area contributed by atoms with Crippen molar-refractivity contribution >= 4 is 34.4 Å². The van der Waals surface area contributed by atoms with Gasteiger partial charge in [0.05, 0.1) is 5.52 Å². The fourth-order valence-corrected chi connectivity index (χ4v) is 2.16. The number of carboxylic acid groups (broad SMARTS) is 2. The highest BCUT2D eigenvalue weighted by Gasteiger charge is 2.25. The number of aromatic carboxylic acids is 2. The van der Waals surface area contributed by atoms with Gasteiger partial charge in [-0.3, -0.25) is 0 Å². The van der Waals surface area contributed by atoms with E-state index in [4.69, 9.17) is 21.8 Å². The molecular formula is C12H8ClNO5. The average molecular weight is 282 g/mol. The second-order valence-corrected chi connectivity index (χ2v) is 4.35. The predicted molar refractivity (Wildman–Crippen MR) is 67.1 cm³/mol. The number of carboxylic acids is 2. The Kier molecular flexibility index (Phi) is 3.03. The molecule has 0 aliphatic heterocycles. The van der Waals surface area contributed by atoms with Crippen LogP contribution in [0.3, 0.4) is 0 Å². The van der Waals surface area contributed by atoms with Crippen LogP contribution < -0.4 is 0 Å². The first-order valence-corrected chi connectivity index (χ1v) is 5.50. The molecule has 0 unspecified atom stereocenters. The smallest absolute Gasteiger partial charge is 0.355 e. The van der Waals surface area contributed by atoms with Gasteiger partial charge in [-0.25, -0.2) is 14.6 Å². The van der Waals surface area contributed by atoms with E-state index < -0.39 is 28.9 Å². The average Bonchev–Trinajstić information content (AvgIpc) is 2.26. The summed E-state index contributed by atoms with van der Waals surface area (Å²) in [4.78, 5) is 25.9. The van der Waals surface area contributed by atoms with Crippen molar-refractivity contribution in [3.05, 3.63) is 34.0 Å². The van der Waals surface area contributed by atoms with Crippen LogP contribution in [0.15, 0.2) is 12.1 Å². The van der Waals surface area contributed by atoms with Crippen LogP contribution in [0.2, 0.25) is 5.02 Å². The monoisotopic (exact) mass is 281 g/mol. The maximum Gasteiger partial charge on any atom is 0.355 e. The molecule has 0 aliphatic carbocycles. The number of nitrogens with zero attached hydrogens (tertiary/aromatic N) is 1. The molecule has 19 heavy (non-hydrogen) atoms. The normalized spacial score (nSPS) is 10.6. The SMILES string of the molecule is Cc1cc(Cl)cc2nc(C(=O)O)c(C(=O)O)c(O)c12. The minimum absolute atomic E-state index is 0.130. The molecule has 1 heterocycles. The van der Waals surface area contributed by atoms with E-state index in [0.29, 0.717) is 10.6 Å². The van der Waals surface area contributed by atoms with Crippen LogP contribution in [0.5, 0.6) is 5.75 Å². The van der Waals surface area contributed by atoms with Crippen molar-refractivity contribution in [1.82, 2.24) is 4.98 Å². The Morgan fingerprint density at radius 3 is 2.37 bits per heavy atom. The van der Waals surface area contributed by atoms with Crippen molar-refractivity contribution in [2.75, 3.05) is 0 Å². The number of aromatic nitrogens is 1. The van der Waals surface area contributed by atoms with Crippen LogP contribution in [0, 0.1) is 6.92 Å². The highest BCUT2D eigenvalue weighted by atomic mass is 35.5. The topological polar surface area (TPSA) is 108 Å². The number of carbonyl (C=O) groups is 2. The molecule has 0 saturated carbocycles. The highest BCUT2D eigenvalue weighted by molar-refractivity contribution is 6.31. The first-order valence-electron chi connectivity index (χ1n) is 5.12. The molecule has 7 heteroatoms. The summed E-state index contributed by atoms with van der Waals surface area (Å²) in [6.07, 6.45) is 0. The zero-order valence-electron chi connectivity index (χ0n) is 9.64. The molecule has 2 aromatic rings. The van der Waals surface area contributed by atoms with Crippen LogP contribution in [0.1, 0.15) is 26.4 Å². The van der Waals surface area contributed by atoms with Gasteiger partial charge in [0.15, 0.2) is 5.69 Å². The van der Waals surface area contributed by atoms with Crippen LogP contribution in [-0.2, 0) is 0 Å². The van der Waals surface area contributed by atoms with Gasteiger partial charge >= 0.3 is 11.9 Å². The number of aryl methyl sites for hydroxylation is 1. The molecule has 1 aromatic carbocycles. The van der Waals surface area contributed by atoms with Crippen molar-refractivity contribution < 1.29 is 24.9 Å². The van der Waals surface area contributed by atoms with E-state index in [1.54, 1.807) is 6.92 Å². The van der Waals surface area contributed by atoms with E-state index in [1.165, 1.54) is 12.1 Å². The molecular weight excluding hydrogens is 274 g/mol. The minimum Gasteiger partial charge on any atom is -0.506 e. The molecule has 0 bridgehead atoms. The van der Waals surface area contributed by atoms with Gasteiger partial charge in [-0.15, -0.1) is 0 Å². The Hall–Kier alpha value is -2.34. The zero-order chi connectivity index (χ0) is 14.3. The third kappa shape index (κ3) is 2.06. The first kappa shape index (κ1) is 13.1. The Morgan fingerprint density at radius 2 is 1.84 bits per heavy atom. The van der Waals surface area contributed by atoms with E-state index in [9.17, 15) is 14.7 Å². The Bertz CT molecular complexity index is 726. The lowest BCUT2D eigenvalue weighted by molar-refractivity contribution is 0.0644. The van der Waals surface area contributed by atoms with Crippen LogP contribution in [-0.4, -0.2) is 32.2 Å². The lowest BCUT2D eigenvalue weighted by Crippen LogP contribution is -2.11. The molecule has 3 N–H and O–H groups in total. The van der Waals surface area contributed by atoms with Crippen molar-refractivity contribution in [1.29, 1.82) is 0 Å². The summed E-state index contributed by atoms with van der Waals surface area (Å²) in [5.41, 5.74) is -0.818. The van der Waals surface area contributed by atoms with Gasteiger partial charge in [0, 0.05) is 10.4 Å². The van der Waals surface area contributed by atoms with E-state index in [1.807, 2.05) is 0 Å². The molecule has 0 spiro atoms. The largest absolute Gasteiger partial charge is 0.506 e. The molecule has 0 atom stereocenters. The van der Waals surface area contributed by atoms with Crippen molar-refractivity contribution in [3.63, 3.8) is 0 Å². The maximum absolute atomic E-state index is 11.1. The molecule has 0 radical (unpaired) electrons. The van der Waals surface area contributed by atoms with Crippen LogP contribution in [0.25, 0.3) is 10.9 Å². The number of benzene rings is 1. The zero-order valence-corrected chi connectivity index (χ0v) is 10.4. The summed E-state index contributed by atoms with van der Waals surface area (Å²) < 4.78 is 0. The summed E-state index contributed by atoms with van der Waals surface area (Å²) in [5.74, 6) is -3.71. The number of hydrogen-bond acceptors (Lipinski definition) is 4. The third-order valence-electron chi connectivity index (χ3n) is 2.64. The first-order chi connectivity index (χ1) is 8.82. The second kappa shape index (κ2) is 4.40. The summed E-state index contributed by atoms with van der Waals surface area (Å²) in [6.45, 7) is 1.61. The van der Waals surface area contributed by atoms with E-state index >= 15 is 0 Å². The van der Waals surface area contributed by atoms with Gasteiger partial charge in [-0.1, -0.05) is 11.6 Å². The van der Waals surface area contributed by atoms with Gasteiger partial charge in [0.25, 0.3) is 0 Å². The maximum atomic E-state index is 11.1. The van der Waals surface area contributed by atoms with Crippen molar-refractivity contribution in [2.24, 2.45) is 0 Å². The van der Waals surface area contributed by atoms with Gasteiger partial charge in [-0.2, -0.15) is 0 Å². The number of aromatic hydroxyl groups is 1. The van der Waals surface area contributed by atoms with E-state index in [0.717, 1.165) is 0 Å². The number of rotatable bonds is 2. The van der Waals surface area contributed by atoms with Gasteiger partial charge < -0.3 is 15.3 Å². The number of fused-ring (bicyclic) bond motifs is 1. The molecule has 0 saturated heterocycles. The Labute approximate surface area is 111 Å². The minimum atomic E-state index is -1.56. The number of halogens is 1. The summed E-state index contributed by atoms with van der Waals surface area (Å²) in [6, 6.07) is 2.89. The lowest BCUT2D eigenvalue weighted by atomic mass is 10.0. The van der Waals surface area contributed by atoms with Crippen molar-refractivity contribution in [2.45, 2.75) is 6.92 Å². The van der Waals surface area contributed by atoms with Crippen LogP contribution in [0.4, 0.5) is 0 Å². The summed E-state index contributed by atoms with van der Waals surface area (Å²) >= 11 is 5.83. The standard InChI is InChI=1S/C12H8ClNO5/c1-4-2-5(13)3-6-7(4)10(15)8(11(16)17)9(14-6)12(18)19/h2-3H,1H3,(H,14,15)(H,16,17)(H,18,19). The fourth-order valence-electron chi connectivity index (χ4n) is 1.89. The quantitative estimate of drug-likeness (QED) is 0.779. The Morgan fingerprint density at radius 1 is 1.21 bits per heavy atom. The molecule has 0 amide bonds. The van der Waals surface area contributed by atoms with Crippen molar-refractivity contribution in [3.8, 4) is 5.75 Å². The molecule has 98 valence electrons. The van der Waals surface area contributed by atoms with Gasteiger partial charge in [-0.05, 0) is 24.6 Å². The third-order valence-corrected chi connectivity index (χ3v) is 2.86. The summed E-state index contributed by atoms with van der Waals surface area (Å²) in [5, 5.41) is 28.5.